The highest BCUT2D eigenvalue weighted by molar-refractivity contribution is 5.93. The minimum Gasteiger partial charge on any atom is -0.481 e. The number of rotatable bonds is 3. The quantitative estimate of drug-likeness (QED) is 0.538. The minimum absolute atomic E-state index is 0.168. The Hall–Kier alpha value is -1.59. The maximum Gasteiger partial charge on any atom is 0.312 e. The summed E-state index contributed by atoms with van der Waals surface area (Å²) >= 11 is 0. The van der Waals surface area contributed by atoms with Gasteiger partial charge in [-0.1, -0.05) is 0 Å². The number of hydrogen-bond acceptors (Lipinski definition) is 4. The van der Waals surface area contributed by atoms with Crippen molar-refractivity contribution in [2.45, 2.75) is 19.3 Å². The molecule has 0 atom stereocenters. The Kier molecular flexibility index (Phi) is 4.28. The molecule has 6 heteroatoms. The summed E-state index contributed by atoms with van der Waals surface area (Å²) in [5.74, 6) is -1.94. The summed E-state index contributed by atoms with van der Waals surface area (Å²) in [6.07, 6.45) is 0.596. The van der Waals surface area contributed by atoms with E-state index in [1.165, 1.54) is 12.0 Å². The number of carboxylic acid groups (broad SMARTS) is 1. The summed E-state index contributed by atoms with van der Waals surface area (Å²) in [6, 6.07) is 0. The molecule has 1 heterocycles. The molecule has 1 amide bonds. The predicted octanol–water partition coefficient (Wildman–Crippen LogP) is -0.127. The number of aliphatic carboxylic acids is 1. The molecule has 1 saturated heterocycles. The third-order valence-corrected chi connectivity index (χ3v) is 2.68. The number of amides is 1. The first-order valence-corrected chi connectivity index (χ1v) is 5.12. The second kappa shape index (κ2) is 5.48. The van der Waals surface area contributed by atoms with Crippen LogP contribution in [-0.4, -0.2) is 48.1 Å². The monoisotopic (exact) mass is 229 g/mol. The zero-order chi connectivity index (χ0) is 12.1. The summed E-state index contributed by atoms with van der Waals surface area (Å²) in [5, 5.41) is 8.47. The third kappa shape index (κ3) is 3.22. The van der Waals surface area contributed by atoms with Gasteiger partial charge in [0.1, 0.15) is 6.42 Å². The average molecular weight is 229 g/mol. The Labute approximate surface area is 93.2 Å². The molecular weight excluding hydrogens is 214 g/mol. The summed E-state index contributed by atoms with van der Waals surface area (Å²) < 4.78 is 4.61. The van der Waals surface area contributed by atoms with Crippen LogP contribution in [0.5, 0.6) is 0 Å². The standard InChI is InChI=1S/C10H15NO5/c1-16-10(15)7-2-4-11(5-3-7)8(12)6-9(13)14/h7H,2-6H2,1H3,(H,13,14). The van der Waals surface area contributed by atoms with Gasteiger partial charge >= 0.3 is 11.9 Å². The molecular formula is C10H15NO5. The molecule has 1 rings (SSSR count). The molecule has 0 aromatic heterocycles. The third-order valence-electron chi connectivity index (χ3n) is 2.68. The molecule has 1 aliphatic rings. The zero-order valence-corrected chi connectivity index (χ0v) is 9.14. The number of likely N-dealkylation sites (tertiary alicyclic amines) is 1. The highest BCUT2D eigenvalue weighted by Gasteiger charge is 2.28. The summed E-state index contributed by atoms with van der Waals surface area (Å²) in [6.45, 7) is 0.845. The normalized spacial score (nSPS) is 16.9. The fourth-order valence-corrected chi connectivity index (χ4v) is 1.77. The number of nitrogens with zero attached hydrogens (tertiary/aromatic N) is 1. The second-order valence-corrected chi connectivity index (χ2v) is 3.75. The van der Waals surface area contributed by atoms with Crippen molar-refractivity contribution in [3.05, 3.63) is 0 Å². The molecule has 90 valence electrons. The number of carbonyl (C=O) groups excluding carboxylic acids is 2. The fourth-order valence-electron chi connectivity index (χ4n) is 1.77. The van der Waals surface area contributed by atoms with Gasteiger partial charge in [0.25, 0.3) is 0 Å². The smallest absolute Gasteiger partial charge is 0.312 e. The number of piperidine rings is 1. The van der Waals surface area contributed by atoms with Crippen LogP contribution in [0, 0.1) is 5.92 Å². The molecule has 0 bridgehead atoms. The SMILES string of the molecule is COC(=O)C1CCN(C(=O)CC(=O)O)CC1. The van der Waals surface area contributed by atoms with Crippen molar-refractivity contribution in [1.82, 2.24) is 4.90 Å². The maximum atomic E-state index is 11.4. The van der Waals surface area contributed by atoms with Crippen LogP contribution in [0.2, 0.25) is 0 Å². The van der Waals surface area contributed by atoms with Crippen LogP contribution in [0.1, 0.15) is 19.3 Å². The van der Waals surface area contributed by atoms with Crippen molar-refractivity contribution in [3.63, 3.8) is 0 Å². The second-order valence-electron chi connectivity index (χ2n) is 3.75. The summed E-state index contributed by atoms with van der Waals surface area (Å²) in [5.41, 5.74) is 0. The van der Waals surface area contributed by atoms with Gasteiger partial charge in [-0.05, 0) is 12.8 Å². The Balaban J connectivity index is 2.40. The van der Waals surface area contributed by atoms with Crippen LogP contribution in [0.15, 0.2) is 0 Å². The van der Waals surface area contributed by atoms with Crippen molar-refractivity contribution in [2.24, 2.45) is 5.92 Å². The number of carbonyl (C=O) groups is 3. The van der Waals surface area contributed by atoms with Crippen LogP contribution < -0.4 is 0 Å². The van der Waals surface area contributed by atoms with Gasteiger partial charge in [0.15, 0.2) is 0 Å². The number of carboxylic acids is 1. The minimum atomic E-state index is -1.12. The van der Waals surface area contributed by atoms with E-state index in [4.69, 9.17) is 5.11 Å². The number of hydrogen-bond donors (Lipinski definition) is 1. The van der Waals surface area contributed by atoms with Crippen molar-refractivity contribution in [2.75, 3.05) is 20.2 Å². The van der Waals surface area contributed by atoms with Crippen molar-refractivity contribution in [3.8, 4) is 0 Å². The van der Waals surface area contributed by atoms with Crippen LogP contribution in [0.3, 0.4) is 0 Å². The van der Waals surface area contributed by atoms with Gasteiger partial charge in [-0.15, -0.1) is 0 Å². The molecule has 6 nitrogen and oxygen atoms in total. The lowest BCUT2D eigenvalue weighted by atomic mass is 9.97. The predicted molar refractivity (Wildman–Crippen MR) is 53.6 cm³/mol. The zero-order valence-electron chi connectivity index (χ0n) is 9.14. The Morgan fingerprint density at radius 2 is 1.88 bits per heavy atom. The van der Waals surface area contributed by atoms with Gasteiger partial charge in [-0.3, -0.25) is 14.4 Å². The van der Waals surface area contributed by atoms with Crippen LogP contribution in [0.25, 0.3) is 0 Å². The molecule has 0 unspecified atom stereocenters. The van der Waals surface area contributed by atoms with Crippen LogP contribution in [-0.2, 0) is 19.1 Å². The first-order valence-electron chi connectivity index (χ1n) is 5.12. The molecule has 1 N–H and O–H groups in total. The van der Waals surface area contributed by atoms with Crippen molar-refractivity contribution >= 4 is 17.8 Å². The van der Waals surface area contributed by atoms with Gasteiger partial charge in [-0.2, -0.15) is 0 Å². The number of ether oxygens (including phenoxy) is 1. The molecule has 16 heavy (non-hydrogen) atoms. The van der Waals surface area contributed by atoms with E-state index >= 15 is 0 Å². The van der Waals surface area contributed by atoms with E-state index in [-0.39, 0.29) is 11.9 Å². The van der Waals surface area contributed by atoms with E-state index < -0.39 is 18.3 Å². The molecule has 0 aliphatic carbocycles. The number of methoxy groups -OCH3 is 1. The van der Waals surface area contributed by atoms with Crippen LogP contribution >= 0.6 is 0 Å². The number of esters is 1. The van der Waals surface area contributed by atoms with E-state index in [1.54, 1.807) is 0 Å². The molecule has 1 fully saturated rings. The fraction of sp³-hybridized carbons (Fsp3) is 0.700. The molecule has 0 saturated carbocycles. The Bertz CT molecular complexity index is 294. The maximum absolute atomic E-state index is 11.4. The lowest BCUT2D eigenvalue weighted by molar-refractivity contribution is -0.151. The topological polar surface area (TPSA) is 83.9 Å². The molecule has 1 aliphatic heterocycles. The Morgan fingerprint density at radius 1 is 1.31 bits per heavy atom. The molecule has 0 radical (unpaired) electrons. The molecule has 0 aromatic rings. The van der Waals surface area contributed by atoms with Gasteiger partial charge in [0, 0.05) is 13.1 Å². The van der Waals surface area contributed by atoms with E-state index in [9.17, 15) is 14.4 Å². The van der Waals surface area contributed by atoms with Gasteiger partial charge in [0.05, 0.1) is 13.0 Å². The van der Waals surface area contributed by atoms with Gasteiger partial charge < -0.3 is 14.7 Å². The highest BCUT2D eigenvalue weighted by atomic mass is 16.5. The summed E-state index contributed by atoms with van der Waals surface area (Å²) in [7, 11) is 1.34. The van der Waals surface area contributed by atoms with Crippen molar-refractivity contribution < 1.29 is 24.2 Å². The molecule has 0 aromatic carbocycles. The van der Waals surface area contributed by atoms with E-state index in [0.717, 1.165) is 0 Å². The summed E-state index contributed by atoms with van der Waals surface area (Å²) in [4.78, 5) is 34.4. The van der Waals surface area contributed by atoms with Gasteiger partial charge in [-0.25, -0.2) is 0 Å². The van der Waals surface area contributed by atoms with Crippen LogP contribution in [0.4, 0.5) is 0 Å². The Morgan fingerprint density at radius 3 is 2.31 bits per heavy atom. The average Bonchev–Trinajstić information content (AvgIpc) is 2.27. The van der Waals surface area contributed by atoms with E-state index in [1.807, 2.05) is 0 Å². The first kappa shape index (κ1) is 12.5. The first-order chi connectivity index (χ1) is 7.54. The highest BCUT2D eigenvalue weighted by Crippen LogP contribution is 2.18. The lowest BCUT2D eigenvalue weighted by Crippen LogP contribution is -2.41. The van der Waals surface area contributed by atoms with E-state index in [0.29, 0.717) is 25.9 Å². The largest absolute Gasteiger partial charge is 0.481 e. The molecule has 0 spiro atoms. The van der Waals surface area contributed by atoms with E-state index in [2.05, 4.69) is 4.74 Å². The van der Waals surface area contributed by atoms with Gasteiger partial charge in [0.2, 0.25) is 5.91 Å². The van der Waals surface area contributed by atoms with Crippen molar-refractivity contribution in [1.29, 1.82) is 0 Å². The lowest BCUT2D eigenvalue weighted by Gasteiger charge is -2.30.